The normalized spacial score (nSPS) is 16.7. The number of aryl methyl sites for hydroxylation is 1. The molecular weight excluding hydrogens is 586 g/mol. The number of furan rings is 1. The van der Waals surface area contributed by atoms with E-state index in [1.807, 2.05) is 44.2 Å². The average molecular weight is 625 g/mol. The molecule has 2 amide bonds. The molecule has 1 N–H and O–H groups in total. The lowest BCUT2D eigenvalue weighted by atomic mass is 9.90. The van der Waals surface area contributed by atoms with Gasteiger partial charge in [0.05, 0.1) is 42.9 Å². The molecule has 1 fully saturated rings. The summed E-state index contributed by atoms with van der Waals surface area (Å²) in [6.07, 6.45) is -0.365. The van der Waals surface area contributed by atoms with Crippen LogP contribution < -0.4 is 0 Å². The van der Waals surface area contributed by atoms with Gasteiger partial charge in [-0.2, -0.15) is 0 Å². The summed E-state index contributed by atoms with van der Waals surface area (Å²) in [5, 5.41) is 8.74. The zero-order valence-electron chi connectivity index (χ0n) is 23.2. The third-order valence-electron chi connectivity index (χ3n) is 6.54. The second-order valence-corrected chi connectivity index (χ2v) is 10.7. The fraction of sp³-hybridized carbons (Fsp3) is 0.552. The number of aliphatic hydroxyl groups is 1. The lowest BCUT2D eigenvalue weighted by Crippen LogP contribution is -2.47. The van der Waals surface area contributed by atoms with Crippen molar-refractivity contribution in [3.8, 4) is 0 Å². The number of carbonyl (C=O) groups excluding carboxylic acids is 3. The largest absolute Gasteiger partial charge is 0.461 e. The van der Waals surface area contributed by atoms with E-state index in [0.717, 1.165) is 10.5 Å². The molecule has 1 aliphatic heterocycles. The van der Waals surface area contributed by atoms with Crippen molar-refractivity contribution >= 4 is 33.9 Å². The van der Waals surface area contributed by atoms with Crippen molar-refractivity contribution in [3.63, 3.8) is 0 Å². The van der Waals surface area contributed by atoms with Crippen molar-refractivity contribution in [2.24, 2.45) is 11.8 Å². The highest BCUT2D eigenvalue weighted by atomic mass is 79.9. The molecule has 0 unspecified atom stereocenters. The first-order valence-electron chi connectivity index (χ1n) is 13.5. The van der Waals surface area contributed by atoms with Gasteiger partial charge in [-0.3, -0.25) is 9.59 Å². The van der Waals surface area contributed by atoms with E-state index >= 15 is 0 Å². The van der Waals surface area contributed by atoms with Crippen LogP contribution in [-0.2, 0) is 41.4 Å². The minimum absolute atomic E-state index is 0.0206. The molecule has 11 heteroatoms. The van der Waals surface area contributed by atoms with E-state index in [-0.39, 0.29) is 32.2 Å². The fourth-order valence-electron chi connectivity index (χ4n) is 4.53. The molecule has 1 aromatic heterocycles. The van der Waals surface area contributed by atoms with Crippen LogP contribution in [0.5, 0.6) is 0 Å². The SMILES string of the molecule is CC(=O)O[C@@H](c1cc(Br)c(CCCOCCOCCO)o1)[C@H](Cc1ccccc1)C(=O)N1C(=O)OC[C@H]1C(C)C. The number of nitrogens with zero attached hydrogens (tertiary/aromatic N) is 1. The van der Waals surface area contributed by atoms with Crippen LogP contribution in [0.25, 0.3) is 0 Å². The molecule has 0 aliphatic carbocycles. The van der Waals surface area contributed by atoms with Crippen LogP contribution in [0, 0.1) is 11.8 Å². The highest BCUT2D eigenvalue weighted by molar-refractivity contribution is 9.10. The van der Waals surface area contributed by atoms with Gasteiger partial charge in [0.15, 0.2) is 6.10 Å². The van der Waals surface area contributed by atoms with E-state index < -0.39 is 36.0 Å². The first kappa shape index (κ1) is 31.8. The van der Waals surface area contributed by atoms with E-state index in [9.17, 15) is 14.4 Å². The van der Waals surface area contributed by atoms with Crippen molar-refractivity contribution in [2.75, 3.05) is 39.6 Å². The standard InChI is InChI=1S/C29H38BrNO9/c1-19(2)24-18-38-29(35)31(24)28(34)22(16-21-8-5-4-6-9-21)27(39-20(3)33)26-17-23(30)25(40-26)10-7-12-36-14-15-37-13-11-32/h4-6,8-9,17,19,22,24,27,32H,7,10-16,18H2,1-3H3/t22-,24-,27+/m0/s1. The number of imide groups is 1. The van der Waals surface area contributed by atoms with Gasteiger partial charge in [-0.1, -0.05) is 44.2 Å². The molecule has 220 valence electrons. The molecule has 0 spiro atoms. The van der Waals surface area contributed by atoms with E-state index in [4.69, 9.17) is 28.5 Å². The zero-order valence-corrected chi connectivity index (χ0v) is 24.8. The van der Waals surface area contributed by atoms with Gasteiger partial charge in [-0.05, 0) is 46.3 Å². The Kier molecular flexibility index (Phi) is 12.6. The lowest BCUT2D eigenvalue weighted by molar-refractivity contribution is -0.155. The number of benzene rings is 1. The minimum Gasteiger partial charge on any atom is -0.461 e. The molecule has 10 nitrogen and oxygen atoms in total. The van der Waals surface area contributed by atoms with Crippen LogP contribution in [0.3, 0.4) is 0 Å². The molecule has 0 bridgehead atoms. The first-order chi connectivity index (χ1) is 19.2. The Morgan fingerprint density at radius 1 is 1.12 bits per heavy atom. The topological polar surface area (TPSA) is 125 Å². The van der Waals surface area contributed by atoms with Crippen molar-refractivity contribution in [1.82, 2.24) is 4.90 Å². The Hall–Kier alpha value is -2.73. The average Bonchev–Trinajstić information content (AvgIpc) is 3.50. The summed E-state index contributed by atoms with van der Waals surface area (Å²) < 4.78 is 28.5. The molecule has 1 saturated heterocycles. The number of carbonyl (C=O) groups is 3. The summed E-state index contributed by atoms with van der Waals surface area (Å²) in [7, 11) is 0. The molecule has 2 heterocycles. The molecule has 40 heavy (non-hydrogen) atoms. The summed E-state index contributed by atoms with van der Waals surface area (Å²) in [4.78, 5) is 40.2. The molecule has 3 atom stereocenters. The third-order valence-corrected chi connectivity index (χ3v) is 7.22. The summed E-state index contributed by atoms with van der Waals surface area (Å²) >= 11 is 3.53. The molecule has 2 aromatic rings. The van der Waals surface area contributed by atoms with Crippen molar-refractivity contribution in [2.45, 2.75) is 52.2 Å². The summed E-state index contributed by atoms with van der Waals surface area (Å²) in [5.41, 5.74) is 0.845. The summed E-state index contributed by atoms with van der Waals surface area (Å²) in [6, 6.07) is 10.6. The molecule has 0 radical (unpaired) electrons. The van der Waals surface area contributed by atoms with E-state index in [1.54, 1.807) is 6.07 Å². The van der Waals surface area contributed by atoms with Crippen molar-refractivity contribution in [1.29, 1.82) is 0 Å². The quantitative estimate of drug-likeness (QED) is 0.213. The van der Waals surface area contributed by atoms with Crippen LogP contribution in [0.2, 0.25) is 0 Å². The Bertz CT molecular complexity index is 1100. The van der Waals surface area contributed by atoms with E-state index in [2.05, 4.69) is 15.9 Å². The van der Waals surface area contributed by atoms with E-state index in [0.29, 0.717) is 48.7 Å². The highest BCUT2D eigenvalue weighted by Gasteiger charge is 2.46. The maximum Gasteiger partial charge on any atom is 0.416 e. The van der Waals surface area contributed by atoms with Gasteiger partial charge >= 0.3 is 12.1 Å². The number of aliphatic hydroxyl groups excluding tert-OH is 1. The van der Waals surface area contributed by atoms with Crippen LogP contribution in [0.4, 0.5) is 4.79 Å². The molecule has 0 saturated carbocycles. The van der Waals surface area contributed by atoms with Crippen molar-refractivity contribution < 1.29 is 42.9 Å². The predicted octanol–water partition coefficient (Wildman–Crippen LogP) is 4.47. The van der Waals surface area contributed by atoms with Crippen molar-refractivity contribution in [3.05, 3.63) is 58.0 Å². The number of esters is 1. The number of hydrogen-bond acceptors (Lipinski definition) is 9. The van der Waals surface area contributed by atoms with Crippen LogP contribution in [0.15, 0.2) is 45.3 Å². The number of halogens is 1. The number of hydrogen-bond donors (Lipinski definition) is 1. The zero-order chi connectivity index (χ0) is 29.1. The molecule has 3 rings (SSSR count). The van der Waals surface area contributed by atoms with Gasteiger partial charge in [-0.25, -0.2) is 9.69 Å². The maximum absolute atomic E-state index is 14.0. The lowest BCUT2D eigenvalue weighted by Gasteiger charge is -2.30. The Morgan fingerprint density at radius 3 is 2.48 bits per heavy atom. The van der Waals surface area contributed by atoms with Gasteiger partial charge < -0.3 is 28.5 Å². The highest BCUT2D eigenvalue weighted by Crippen LogP contribution is 2.37. The second kappa shape index (κ2) is 15.9. The van der Waals surface area contributed by atoms with Crippen LogP contribution in [-0.4, -0.2) is 73.7 Å². The number of cyclic esters (lactones) is 1. The second-order valence-electron chi connectivity index (χ2n) is 9.89. The minimum atomic E-state index is -1.07. The van der Waals surface area contributed by atoms with E-state index in [1.165, 1.54) is 6.92 Å². The first-order valence-corrected chi connectivity index (χ1v) is 14.3. The van der Waals surface area contributed by atoms with Crippen LogP contribution in [0.1, 0.15) is 50.4 Å². The van der Waals surface area contributed by atoms with Crippen LogP contribution >= 0.6 is 15.9 Å². The number of ether oxygens (including phenoxy) is 4. The van der Waals surface area contributed by atoms with Gasteiger partial charge in [0.25, 0.3) is 0 Å². The number of rotatable bonds is 16. The Labute approximate surface area is 243 Å². The Balaban J connectivity index is 1.83. The van der Waals surface area contributed by atoms with Gasteiger partial charge in [0.2, 0.25) is 5.91 Å². The van der Waals surface area contributed by atoms with Gasteiger partial charge in [0.1, 0.15) is 18.1 Å². The van der Waals surface area contributed by atoms with Gasteiger partial charge in [-0.15, -0.1) is 0 Å². The molecular formula is C29H38BrNO9. The number of amides is 2. The molecule has 1 aliphatic rings. The Morgan fingerprint density at radius 2 is 1.82 bits per heavy atom. The third kappa shape index (κ3) is 8.89. The summed E-state index contributed by atoms with van der Waals surface area (Å²) in [5.74, 6) is -1.09. The predicted molar refractivity (Wildman–Crippen MR) is 148 cm³/mol. The van der Waals surface area contributed by atoms with Gasteiger partial charge in [0, 0.05) is 20.0 Å². The fourth-order valence-corrected chi connectivity index (χ4v) is 5.03. The monoisotopic (exact) mass is 623 g/mol. The maximum atomic E-state index is 14.0. The molecule has 1 aromatic carbocycles. The summed E-state index contributed by atoms with van der Waals surface area (Å²) in [6.45, 7) is 6.78. The smallest absolute Gasteiger partial charge is 0.416 e.